The van der Waals surface area contributed by atoms with Gasteiger partial charge in [-0.15, -0.1) is 5.26 Å². The Morgan fingerprint density at radius 2 is 2.00 bits per heavy atom. The number of hydrogen-bond acceptors (Lipinski definition) is 2. The monoisotopic (exact) mass is 189 g/mol. The third-order valence-corrected chi connectivity index (χ3v) is 2.44. The van der Waals surface area contributed by atoms with Crippen LogP contribution in [0.25, 0.3) is 0 Å². The summed E-state index contributed by atoms with van der Waals surface area (Å²) < 4.78 is 0.149. The lowest BCUT2D eigenvalue weighted by molar-refractivity contribution is -0.959. The highest BCUT2D eigenvalue weighted by molar-refractivity contribution is 5.16. The Balaban J connectivity index is 2.04. The Bertz CT molecular complexity index is 351. The van der Waals surface area contributed by atoms with Crippen LogP contribution in [0.2, 0.25) is 0 Å². The van der Waals surface area contributed by atoms with Gasteiger partial charge < -0.3 is 0 Å². The molecule has 1 aliphatic rings. The molecule has 1 fully saturated rings. The minimum Gasteiger partial charge on any atom is -0.179 e. The highest BCUT2D eigenvalue weighted by Gasteiger charge is 2.48. The van der Waals surface area contributed by atoms with E-state index < -0.39 is 0 Å². The summed E-state index contributed by atoms with van der Waals surface area (Å²) >= 11 is 0. The molecule has 1 unspecified atom stereocenters. The normalized spacial score (nSPS) is 19.7. The van der Waals surface area contributed by atoms with Gasteiger partial charge in [0.15, 0.2) is 13.1 Å². The first kappa shape index (κ1) is 9.20. The Labute approximate surface area is 83.7 Å². The van der Waals surface area contributed by atoms with Crippen LogP contribution >= 0.6 is 0 Å². The van der Waals surface area contributed by atoms with Crippen LogP contribution in [0.4, 0.5) is 0 Å². The predicted molar refractivity (Wildman–Crippen MR) is 51.5 cm³/mol. The van der Waals surface area contributed by atoms with Crippen molar-refractivity contribution in [2.24, 2.45) is 0 Å². The second kappa shape index (κ2) is 3.41. The molecule has 2 rings (SSSR count). The molecule has 3 heteroatoms. The first-order chi connectivity index (χ1) is 6.76. The lowest BCUT2D eigenvalue weighted by Gasteiger charge is -2.13. The van der Waals surface area contributed by atoms with Gasteiger partial charge in [0.2, 0.25) is 0 Å². The molecule has 3 nitrogen and oxygen atoms in total. The van der Waals surface area contributed by atoms with E-state index in [0.717, 1.165) is 18.7 Å². The van der Waals surface area contributed by atoms with Crippen molar-refractivity contribution in [2.75, 3.05) is 13.1 Å². The molecule has 0 bridgehead atoms. The smallest absolute Gasteiger partial charge is 0.179 e. The van der Waals surface area contributed by atoms with E-state index in [2.05, 4.69) is 6.19 Å². The van der Waals surface area contributed by atoms with E-state index in [4.69, 9.17) is 10.1 Å². The summed E-state index contributed by atoms with van der Waals surface area (Å²) in [7, 11) is 0. The number of hydroxylamine groups is 3. The predicted octanol–water partition coefficient (Wildman–Crippen LogP) is 1.99. The maximum Gasteiger partial charge on any atom is 0.345 e. The molecule has 0 N–H and O–H groups in total. The molecular weight excluding hydrogens is 176 g/mol. The summed E-state index contributed by atoms with van der Waals surface area (Å²) in [4.78, 5) is 5.66. The van der Waals surface area contributed by atoms with Crippen molar-refractivity contribution >= 4 is 0 Å². The largest absolute Gasteiger partial charge is 0.345 e. The quantitative estimate of drug-likeness (QED) is 0.414. The van der Waals surface area contributed by atoms with Crippen LogP contribution < -0.4 is 0 Å². The molecule has 1 saturated heterocycles. The molecule has 1 aliphatic heterocycles. The second-order valence-electron chi connectivity index (χ2n) is 3.59. The molecule has 0 aromatic heterocycles. The van der Waals surface area contributed by atoms with Crippen LogP contribution in [0.15, 0.2) is 30.3 Å². The Morgan fingerprint density at radius 3 is 2.50 bits per heavy atom. The molecule has 1 heterocycles. The molecule has 1 atom stereocenters. The average molecular weight is 189 g/mol. The first-order valence-corrected chi connectivity index (χ1v) is 4.77. The van der Waals surface area contributed by atoms with Gasteiger partial charge >= 0.3 is 6.19 Å². The van der Waals surface area contributed by atoms with Crippen LogP contribution in [0.1, 0.15) is 18.6 Å². The van der Waals surface area contributed by atoms with E-state index in [-0.39, 0.29) is 10.8 Å². The molecule has 0 aliphatic carbocycles. The lowest BCUT2D eigenvalue weighted by Crippen LogP contribution is -2.21. The average Bonchev–Trinajstić information content (AvgIpc) is 3.00. The number of quaternary nitrogens is 1. The lowest BCUT2D eigenvalue weighted by atomic mass is 10.1. The van der Waals surface area contributed by atoms with Gasteiger partial charge in [-0.3, -0.25) is 0 Å². The minimum atomic E-state index is -0.0154. The fourth-order valence-electron chi connectivity index (χ4n) is 1.41. The standard InChI is InChI=1S/C11H13N2O/c1-10(11-5-3-2-4-6-11)14-13(9-12)7-8-13/h2-6,10H,7-8H2,1H3/q+1. The molecular formula is C11H13N2O+. The molecule has 72 valence electrons. The number of nitriles is 1. The van der Waals surface area contributed by atoms with E-state index in [1.54, 1.807) is 0 Å². The summed E-state index contributed by atoms with van der Waals surface area (Å²) in [5.74, 6) is 0. The highest BCUT2D eigenvalue weighted by Crippen LogP contribution is 2.28. The molecule has 0 amide bonds. The van der Waals surface area contributed by atoms with E-state index >= 15 is 0 Å². The van der Waals surface area contributed by atoms with Crippen LogP contribution in [0.5, 0.6) is 0 Å². The van der Waals surface area contributed by atoms with E-state index in [0.29, 0.717) is 0 Å². The van der Waals surface area contributed by atoms with Crippen molar-refractivity contribution < 1.29 is 9.48 Å². The Kier molecular flexibility index (Phi) is 2.24. The van der Waals surface area contributed by atoms with Gasteiger partial charge in [-0.25, -0.2) is 0 Å². The second-order valence-corrected chi connectivity index (χ2v) is 3.59. The van der Waals surface area contributed by atoms with Crippen LogP contribution in [0.3, 0.4) is 0 Å². The van der Waals surface area contributed by atoms with Crippen molar-refractivity contribution in [3.05, 3.63) is 35.9 Å². The summed E-state index contributed by atoms with van der Waals surface area (Å²) in [6.07, 6.45) is 2.15. The number of hydrogen-bond donors (Lipinski definition) is 0. The van der Waals surface area contributed by atoms with Gasteiger partial charge in [0.25, 0.3) is 0 Å². The van der Waals surface area contributed by atoms with Crippen molar-refractivity contribution in [3.8, 4) is 6.19 Å². The van der Waals surface area contributed by atoms with Gasteiger partial charge in [-0.2, -0.15) is 4.84 Å². The topological polar surface area (TPSA) is 33.0 Å². The summed E-state index contributed by atoms with van der Waals surface area (Å²) in [5.41, 5.74) is 1.12. The fourth-order valence-corrected chi connectivity index (χ4v) is 1.41. The number of nitrogens with zero attached hydrogens (tertiary/aromatic N) is 2. The molecule has 0 saturated carbocycles. The van der Waals surface area contributed by atoms with Crippen LogP contribution in [0, 0.1) is 11.5 Å². The molecule has 14 heavy (non-hydrogen) atoms. The summed E-state index contributed by atoms with van der Waals surface area (Å²) in [5, 5.41) is 8.85. The van der Waals surface area contributed by atoms with Crippen LogP contribution in [-0.4, -0.2) is 17.7 Å². The fraction of sp³-hybridized carbons (Fsp3) is 0.364. The molecule has 1 aromatic carbocycles. The zero-order valence-corrected chi connectivity index (χ0v) is 8.18. The van der Waals surface area contributed by atoms with Crippen molar-refractivity contribution in [1.29, 1.82) is 5.26 Å². The van der Waals surface area contributed by atoms with Gasteiger partial charge in [0, 0.05) is 0 Å². The molecule has 0 radical (unpaired) electrons. The third kappa shape index (κ3) is 1.77. The summed E-state index contributed by atoms with van der Waals surface area (Å²) in [6, 6.07) is 9.97. The van der Waals surface area contributed by atoms with Gasteiger partial charge in [-0.05, 0) is 12.5 Å². The van der Waals surface area contributed by atoms with E-state index in [1.165, 1.54) is 0 Å². The van der Waals surface area contributed by atoms with Crippen LogP contribution in [-0.2, 0) is 4.84 Å². The highest BCUT2D eigenvalue weighted by atomic mass is 16.7. The number of benzene rings is 1. The van der Waals surface area contributed by atoms with Crippen molar-refractivity contribution in [2.45, 2.75) is 13.0 Å². The Morgan fingerprint density at radius 1 is 1.36 bits per heavy atom. The number of rotatable bonds is 3. The minimum absolute atomic E-state index is 0.0154. The first-order valence-electron chi connectivity index (χ1n) is 4.77. The van der Waals surface area contributed by atoms with E-state index in [1.807, 2.05) is 37.3 Å². The summed E-state index contributed by atoms with van der Waals surface area (Å²) in [6.45, 7) is 3.60. The SMILES string of the molecule is CC(O[N+]1(C#N)CC1)c1ccccc1. The van der Waals surface area contributed by atoms with E-state index in [9.17, 15) is 0 Å². The van der Waals surface area contributed by atoms with Gasteiger partial charge in [0.05, 0.1) is 0 Å². The molecule has 1 aromatic rings. The molecule has 0 spiro atoms. The van der Waals surface area contributed by atoms with Crippen molar-refractivity contribution in [3.63, 3.8) is 0 Å². The van der Waals surface area contributed by atoms with Gasteiger partial charge in [-0.1, -0.05) is 35.0 Å². The zero-order valence-electron chi connectivity index (χ0n) is 8.18. The third-order valence-electron chi connectivity index (χ3n) is 2.44. The van der Waals surface area contributed by atoms with Crippen molar-refractivity contribution in [1.82, 2.24) is 0 Å². The maximum atomic E-state index is 8.85. The maximum absolute atomic E-state index is 8.85. The zero-order chi connectivity index (χ0) is 10.0. The van der Waals surface area contributed by atoms with Gasteiger partial charge in [0.1, 0.15) is 6.10 Å². The Hall–Kier alpha value is -1.37.